The Labute approximate surface area is 202 Å². The molecule has 10 nitrogen and oxygen atoms in total. The van der Waals surface area contributed by atoms with Crippen LogP contribution in [0.2, 0.25) is 5.02 Å². The normalized spacial score (nSPS) is 12.1. The number of pyridine rings is 2. The highest BCUT2D eigenvalue weighted by Crippen LogP contribution is 2.31. The summed E-state index contributed by atoms with van der Waals surface area (Å²) in [6, 6.07) is 10.6. The molecule has 1 unspecified atom stereocenters. The van der Waals surface area contributed by atoms with Crippen molar-refractivity contribution in [3.63, 3.8) is 0 Å². The number of H-pyrrole nitrogens is 1. The number of hydrogen-bond acceptors (Lipinski definition) is 9. The summed E-state index contributed by atoms with van der Waals surface area (Å²) in [5.74, 6) is 1.14. The molecule has 0 radical (unpaired) electrons. The van der Waals surface area contributed by atoms with Gasteiger partial charge in [0.05, 0.1) is 28.5 Å². The SMILES string of the molecule is Cc1nnnn1-c1cnc(NC(C)c2cc3cc(Cl)c(OCc4ccccn4)cc3[nH]c2=O)s1. The number of rotatable bonds is 7. The number of thiazole rings is 1. The summed E-state index contributed by atoms with van der Waals surface area (Å²) in [7, 11) is 0. The number of nitrogens with one attached hydrogen (secondary N) is 2. The lowest BCUT2D eigenvalue weighted by atomic mass is 10.1. The summed E-state index contributed by atoms with van der Waals surface area (Å²) in [6.07, 6.45) is 3.38. The van der Waals surface area contributed by atoms with E-state index < -0.39 is 0 Å². The molecule has 172 valence electrons. The van der Waals surface area contributed by atoms with Gasteiger partial charge in [-0.05, 0) is 48.5 Å². The number of halogens is 1. The van der Waals surface area contributed by atoms with Gasteiger partial charge in [-0.15, -0.1) is 5.10 Å². The number of fused-ring (bicyclic) bond motifs is 1. The molecule has 1 atom stereocenters. The van der Waals surface area contributed by atoms with Crippen LogP contribution >= 0.6 is 22.9 Å². The molecule has 0 saturated carbocycles. The third kappa shape index (κ3) is 4.47. The number of anilines is 1. The summed E-state index contributed by atoms with van der Waals surface area (Å²) < 4.78 is 7.42. The largest absolute Gasteiger partial charge is 0.486 e. The molecule has 0 aliphatic heterocycles. The average molecular weight is 495 g/mol. The van der Waals surface area contributed by atoms with E-state index in [2.05, 4.69) is 35.8 Å². The number of hydrogen-bond donors (Lipinski definition) is 2. The summed E-state index contributed by atoms with van der Waals surface area (Å²) in [5, 5.41) is 17.4. The number of aromatic nitrogens is 7. The Bertz CT molecular complexity index is 1510. The first-order valence-electron chi connectivity index (χ1n) is 10.3. The molecule has 0 bridgehead atoms. The second-order valence-electron chi connectivity index (χ2n) is 7.54. The Morgan fingerprint density at radius 1 is 1.26 bits per heavy atom. The van der Waals surface area contributed by atoms with Crippen molar-refractivity contribution in [2.45, 2.75) is 26.5 Å². The fourth-order valence-electron chi connectivity index (χ4n) is 3.42. The van der Waals surface area contributed by atoms with Crippen molar-refractivity contribution in [1.82, 2.24) is 35.2 Å². The zero-order valence-electron chi connectivity index (χ0n) is 18.2. The minimum atomic E-state index is -0.305. The van der Waals surface area contributed by atoms with Crippen molar-refractivity contribution in [2.75, 3.05) is 5.32 Å². The Hall–Kier alpha value is -3.83. The van der Waals surface area contributed by atoms with E-state index in [9.17, 15) is 4.79 Å². The minimum absolute atomic E-state index is 0.210. The van der Waals surface area contributed by atoms with Gasteiger partial charge in [-0.2, -0.15) is 4.68 Å². The molecular weight excluding hydrogens is 476 g/mol. The van der Waals surface area contributed by atoms with Crippen molar-refractivity contribution >= 4 is 39.0 Å². The number of aromatic amines is 1. The third-order valence-corrected chi connectivity index (χ3v) is 6.36. The highest BCUT2D eigenvalue weighted by Gasteiger charge is 2.16. The molecular formula is C22H19ClN8O2S. The van der Waals surface area contributed by atoms with E-state index in [-0.39, 0.29) is 18.2 Å². The van der Waals surface area contributed by atoms with E-state index >= 15 is 0 Å². The van der Waals surface area contributed by atoms with Gasteiger partial charge in [0.2, 0.25) is 0 Å². The minimum Gasteiger partial charge on any atom is -0.486 e. The molecule has 34 heavy (non-hydrogen) atoms. The van der Waals surface area contributed by atoms with Gasteiger partial charge in [0.1, 0.15) is 17.4 Å². The smallest absolute Gasteiger partial charge is 0.253 e. The highest BCUT2D eigenvalue weighted by molar-refractivity contribution is 7.17. The van der Waals surface area contributed by atoms with Crippen LogP contribution in [-0.2, 0) is 6.61 Å². The Morgan fingerprint density at radius 2 is 2.15 bits per heavy atom. The van der Waals surface area contributed by atoms with Crippen LogP contribution in [0.1, 0.15) is 30.0 Å². The average Bonchev–Trinajstić information content (AvgIpc) is 3.46. The molecule has 0 fully saturated rings. The number of benzene rings is 1. The maximum absolute atomic E-state index is 12.9. The van der Waals surface area contributed by atoms with Gasteiger partial charge in [0, 0.05) is 23.2 Å². The molecule has 12 heteroatoms. The van der Waals surface area contributed by atoms with E-state index in [1.54, 1.807) is 29.2 Å². The number of aryl methyl sites for hydroxylation is 1. The van der Waals surface area contributed by atoms with Gasteiger partial charge < -0.3 is 15.0 Å². The molecule has 0 spiro atoms. The zero-order valence-corrected chi connectivity index (χ0v) is 19.8. The maximum Gasteiger partial charge on any atom is 0.253 e. The highest BCUT2D eigenvalue weighted by atomic mass is 35.5. The molecule has 1 aromatic carbocycles. The lowest BCUT2D eigenvalue weighted by molar-refractivity contribution is 0.302. The van der Waals surface area contributed by atoms with Gasteiger partial charge in [0.15, 0.2) is 11.0 Å². The van der Waals surface area contributed by atoms with E-state index in [0.717, 1.165) is 16.1 Å². The van der Waals surface area contributed by atoms with Crippen LogP contribution in [0, 0.1) is 6.92 Å². The first-order chi connectivity index (χ1) is 16.5. The molecule has 4 aromatic heterocycles. The van der Waals surface area contributed by atoms with Crippen molar-refractivity contribution in [3.8, 4) is 10.8 Å². The Morgan fingerprint density at radius 3 is 2.91 bits per heavy atom. The molecule has 2 N–H and O–H groups in total. The molecule has 4 heterocycles. The second kappa shape index (κ2) is 9.20. The topological polar surface area (TPSA) is 124 Å². The maximum atomic E-state index is 12.9. The van der Waals surface area contributed by atoms with Gasteiger partial charge in [-0.3, -0.25) is 9.78 Å². The monoisotopic (exact) mass is 494 g/mol. The Balaban J connectivity index is 1.36. The quantitative estimate of drug-likeness (QED) is 0.347. The number of nitrogens with zero attached hydrogens (tertiary/aromatic N) is 6. The first kappa shape index (κ1) is 22.0. The summed E-state index contributed by atoms with van der Waals surface area (Å²) >= 11 is 7.84. The van der Waals surface area contributed by atoms with Crippen molar-refractivity contribution < 1.29 is 4.74 Å². The molecule has 0 amide bonds. The van der Waals surface area contributed by atoms with Gasteiger partial charge in [-0.1, -0.05) is 29.0 Å². The van der Waals surface area contributed by atoms with Crippen LogP contribution in [0.25, 0.3) is 15.9 Å². The van der Waals surface area contributed by atoms with E-state index in [0.29, 0.717) is 32.8 Å². The first-order valence-corrected chi connectivity index (χ1v) is 11.5. The van der Waals surface area contributed by atoms with Crippen LogP contribution in [0.4, 0.5) is 5.13 Å². The Kier molecular flexibility index (Phi) is 5.95. The predicted octanol–water partition coefficient (Wildman–Crippen LogP) is 4.07. The second-order valence-corrected chi connectivity index (χ2v) is 8.96. The van der Waals surface area contributed by atoms with E-state index in [1.165, 1.54) is 11.3 Å². The van der Waals surface area contributed by atoms with Crippen LogP contribution in [-0.4, -0.2) is 35.2 Å². The third-order valence-electron chi connectivity index (χ3n) is 5.16. The molecule has 0 saturated heterocycles. The van der Waals surface area contributed by atoms with Crippen LogP contribution < -0.4 is 15.6 Å². The number of ether oxygens (including phenoxy) is 1. The number of tetrazole rings is 1. The van der Waals surface area contributed by atoms with Gasteiger partial charge >= 0.3 is 0 Å². The standard InChI is InChI=1S/C22H19ClN8O2S/c1-12(26-22-25-10-20(34-22)31-13(2)28-29-30-31)16-7-14-8-17(23)19(9-18(14)27-21(16)32)33-11-15-5-3-4-6-24-15/h3-10,12H,11H2,1-2H3,(H,25,26)(H,27,32). The van der Waals surface area contributed by atoms with Gasteiger partial charge in [0.25, 0.3) is 5.56 Å². The summed E-state index contributed by atoms with van der Waals surface area (Å²) in [4.78, 5) is 24.4. The fraction of sp³-hybridized carbons (Fsp3) is 0.182. The van der Waals surface area contributed by atoms with Crippen molar-refractivity contribution in [3.05, 3.63) is 81.3 Å². The molecule has 0 aliphatic carbocycles. The molecule has 5 rings (SSSR count). The lowest BCUT2D eigenvalue weighted by Crippen LogP contribution is -2.19. The van der Waals surface area contributed by atoms with E-state index in [4.69, 9.17) is 16.3 Å². The van der Waals surface area contributed by atoms with Crippen molar-refractivity contribution in [1.29, 1.82) is 0 Å². The fourth-order valence-corrected chi connectivity index (χ4v) is 4.55. The molecule has 5 aromatic rings. The van der Waals surface area contributed by atoms with Crippen LogP contribution in [0.5, 0.6) is 5.75 Å². The predicted molar refractivity (Wildman–Crippen MR) is 130 cm³/mol. The molecule has 0 aliphatic rings. The van der Waals surface area contributed by atoms with E-state index in [1.807, 2.05) is 38.1 Å². The zero-order chi connectivity index (χ0) is 23.7. The van der Waals surface area contributed by atoms with Crippen LogP contribution in [0.15, 0.2) is 53.6 Å². The van der Waals surface area contributed by atoms with Crippen LogP contribution in [0.3, 0.4) is 0 Å². The lowest BCUT2D eigenvalue weighted by Gasteiger charge is -2.14. The van der Waals surface area contributed by atoms with Crippen molar-refractivity contribution in [2.24, 2.45) is 0 Å². The van der Waals surface area contributed by atoms with Gasteiger partial charge in [-0.25, -0.2) is 4.98 Å². The summed E-state index contributed by atoms with van der Waals surface area (Å²) in [5.41, 5.74) is 1.76. The summed E-state index contributed by atoms with van der Waals surface area (Å²) in [6.45, 7) is 3.98.